The normalized spacial score (nSPS) is 25.7. The van der Waals surface area contributed by atoms with Gasteiger partial charge in [0.05, 0.1) is 0 Å². The summed E-state index contributed by atoms with van der Waals surface area (Å²) in [5, 5.41) is 2.80. The minimum Gasteiger partial charge on any atom is -0.446 e. The van der Waals surface area contributed by atoms with Gasteiger partial charge in [-0.2, -0.15) is 0 Å². The van der Waals surface area contributed by atoms with E-state index in [1.165, 1.54) is 6.42 Å². The summed E-state index contributed by atoms with van der Waals surface area (Å²) in [5.41, 5.74) is 1.67. The second-order valence-corrected chi connectivity index (χ2v) is 6.59. The number of nitrogens with one attached hydrogen (secondary N) is 1. The van der Waals surface area contributed by atoms with Crippen molar-refractivity contribution in [3.8, 4) is 0 Å². The molecule has 1 aliphatic rings. The molecule has 0 aromatic heterocycles. The molecule has 3 atom stereocenters. The first-order valence-corrected chi connectivity index (χ1v) is 7.85. The number of benzene rings is 1. The fraction of sp³-hybridized carbons (Fsp3) is 0.556. The maximum Gasteiger partial charge on any atom is 0.411 e. The van der Waals surface area contributed by atoms with Crippen LogP contribution in [0.4, 0.5) is 10.5 Å². The van der Waals surface area contributed by atoms with Gasteiger partial charge < -0.3 is 4.74 Å². The number of carbonyl (C=O) groups is 1. The highest BCUT2D eigenvalue weighted by molar-refractivity contribution is 5.84. The molecular formula is C18H26NO2. The van der Waals surface area contributed by atoms with Crippen LogP contribution in [0.25, 0.3) is 0 Å². The van der Waals surface area contributed by atoms with Gasteiger partial charge in [-0.05, 0) is 55.2 Å². The lowest BCUT2D eigenvalue weighted by Crippen LogP contribution is -2.36. The monoisotopic (exact) mass is 288 g/mol. The zero-order valence-corrected chi connectivity index (χ0v) is 13.3. The molecule has 3 unspecified atom stereocenters. The van der Waals surface area contributed by atoms with E-state index in [1.54, 1.807) is 0 Å². The number of rotatable bonds is 3. The molecule has 1 aliphatic carbocycles. The summed E-state index contributed by atoms with van der Waals surface area (Å²) in [5.74, 6) is 1.64. The third-order valence-corrected chi connectivity index (χ3v) is 4.42. The molecule has 3 heteroatoms. The maximum absolute atomic E-state index is 12.1. The number of amides is 1. The predicted molar refractivity (Wildman–Crippen MR) is 86.1 cm³/mol. The van der Waals surface area contributed by atoms with Crippen LogP contribution in [0.1, 0.15) is 45.6 Å². The number of hydrogen-bond donors (Lipinski definition) is 1. The first-order chi connectivity index (χ1) is 9.95. The molecule has 1 saturated carbocycles. The van der Waals surface area contributed by atoms with Crippen molar-refractivity contribution in [2.45, 2.75) is 46.1 Å². The van der Waals surface area contributed by atoms with Crippen LogP contribution in [0.15, 0.2) is 24.3 Å². The molecule has 2 rings (SSSR count). The Kier molecular flexibility index (Phi) is 5.27. The van der Waals surface area contributed by atoms with Crippen molar-refractivity contribution in [1.82, 2.24) is 0 Å². The largest absolute Gasteiger partial charge is 0.446 e. The van der Waals surface area contributed by atoms with Crippen molar-refractivity contribution in [2.24, 2.45) is 17.8 Å². The fourth-order valence-electron chi connectivity index (χ4n) is 3.12. The minimum atomic E-state index is -0.350. The van der Waals surface area contributed by atoms with E-state index in [9.17, 15) is 4.79 Å². The highest BCUT2D eigenvalue weighted by Crippen LogP contribution is 2.35. The molecule has 1 radical (unpaired) electrons. The highest BCUT2D eigenvalue weighted by Gasteiger charge is 2.33. The summed E-state index contributed by atoms with van der Waals surface area (Å²) in [6.07, 6.45) is 3.02. The highest BCUT2D eigenvalue weighted by atomic mass is 16.6. The average Bonchev–Trinajstić information content (AvgIpc) is 2.41. The molecule has 1 fully saturated rings. The molecule has 1 amide bonds. The van der Waals surface area contributed by atoms with Crippen LogP contribution in [0, 0.1) is 24.7 Å². The minimum absolute atomic E-state index is 0.0286. The van der Waals surface area contributed by atoms with Crippen molar-refractivity contribution >= 4 is 11.8 Å². The Labute approximate surface area is 128 Å². The molecule has 0 aliphatic heterocycles. The Balaban J connectivity index is 1.94. The third kappa shape index (κ3) is 4.48. The van der Waals surface area contributed by atoms with E-state index in [2.05, 4.69) is 33.0 Å². The molecule has 115 valence electrons. The molecule has 1 N–H and O–H groups in total. The van der Waals surface area contributed by atoms with Crippen LogP contribution in [0.2, 0.25) is 0 Å². The van der Waals surface area contributed by atoms with Crippen molar-refractivity contribution < 1.29 is 9.53 Å². The first kappa shape index (κ1) is 15.9. The van der Waals surface area contributed by atoms with Crippen molar-refractivity contribution in [1.29, 1.82) is 0 Å². The number of carbonyl (C=O) groups excluding carboxylic acids is 1. The Bertz CT molecular complexity index is 467. The molecule has 21 heavy (non-hydrogen) atoms. The van der Waals surface area contributed by atoms with Gasteiger partial charge >= 0.3 is 6.09 Å². The molecular weight excluding hydrogens is 262 g/mol. The summed E-state index contributed by atoms with van der Waals surface area (Å²) in [6, 6.07) is 7.42. The maximum atomic E-state index is 12.1. The molecule has 1 aromatic rings. The Morgan fingerprint density at radius 2 is 1.95 bits per heavy atom. The van der Waals surface area contributed by atoms with Gasteiger partial charge in [0.2, 0.25) is 0 Å². The molecule has 0 heterocycles. The Morgan fingerprint density at radius 1 is 1.29 bits per heavy atom. The number of hydrogen-bond acceptors (Lipinski definition) is 2. The van der Waals surface area contributed by atoms with E-state index >= 15 is 0 Å². The molecule has 0 spiro atoms. The van der Waals surface area contributed by atoms with Gasteiger partial charge in [0.25, 0.3) is 0 Å². The average molecular weight is 288 g/mol. The van der Waals surface area contributed by atoms with Gasteiger partial charge in [0, 0.05) is 5.69 Å². The van der Waals surface area contributed by atoms with E-state index in [0.29, 0.717) is 17.8 Å². The summed E-state index contributed by atoms with van der Waals surface area (Å²) < 4.78 is 5.70. The van der Waals surface area contributed by atoms with Gasteiger partial charge in [-0.25, -0.2) is 4.79 Å². The number of ether oxygens (including phenoxy) is 1. The van der Waals surface area contributed by atoms with E-state index in [0.717, 1.165) is 24.1 Å². The van der Waals surface area contributed by atoms with Crippen molar-refractivity contribution in [2.75, 3.05) is 5.32 Å². The first-order valence-electron chi connectivity index (χ1n) is 7.85. The second kappa shape index (κ2) is 6.97. The quantitative estimate of drug-likeness (QED) is 0.861. The SMILES string of the molecule is [CH2]c1ccc(NC(=O)OC2CC(C)CCC2C(C)C)cc1. The van der Waals surface area contributed by atoms with Crippen LogP contribution >= 0.6 is 0 Å². The van der Waals surface area contributed by atoms with Crippen molar-refractivity contribution in [3.63, 3.8) is 0 Å². The number of anilines is 1. The van der Waals surface area contributed by atoms with E-state index < -0.39 is 0 Å². The Morgan fingerprint density at radius 3 is 2.57 bits per heavy atom. The molecule has 1 aromatic carbocycles. The van der Waals surface area contributed by atoms with Gasteiger partial charge in [-0.15, -0.1) is 0 Å². The third-order valence-electron chi connectivity index (χ3n) is 4.42. The summed E-state index contributed by atoms with van der Waals surface area (Å²) in [4.78, 5) is 12.1. The smallest absolute Gasteiger partial charge is 0.411 e. The standard InChI is InChI=1S/C18H26NO2/c1-12(2)16-10-7-14(4)11-17(16)21-18(20)19-15-8-5-13(3)6-9-15/h5-6,8-9,12,14,16-17H,3,7,10-11H2,1-2,4H3,(H,19,20). The van der Waals surface area contributed by atoms with Crippen LogP contribution < -0.4 is 5.32 Å². The topological polar surface area (TPSA) is 38.3 Å². The second-order valence-electron chi connectivity index (χ2n) is 6.59. The van der Waals surface area contributed by atoms with E-state index in [1.807, 2.05) is 24.3 Å². The zero-order chi connectivity index (χ0) is 15.4. The van der Waals surface area contributed by atoms with Crippen LogP contribution in [0.3, 0.4) is 0 Å². The zero-order valence-electron chi connectivity index (χ0n) is 13.3. The Hall–Kier alpha value is -1.51. The molecule has 0 bridgehead atoms. The summed E-state index contributed by atoms with van der Waals surface area (Å²) >= 11 is 0. The van der Waals surface area contributed by atoms with Gasteiger partial charge in [-0.3, -0.25) is 5.32 Å². The van der Waals surface area contributed by atoms with E-state index in [-0.39, 0.29) is 12.2 Å². The lowest BCUT2D eigenvalue weighted by atomic mass is 9.75. The lowest BCUT2D eigenvalue weighted by molar-refractivity contribution is 0.0126. The molecule has 3 nitrogen and oxygen atoms in total. The fourth-order valence-corrected chi connectivity index (χ4v) is 3.12. The van der Waals surface area contributed by atoms with Crippen LogP contribution in [-0.4, -0.2) is 12.2 Å². The van der Waals surface area contributed by atoms with E-state index in [4.69, 9.17) is 4.74 Å². The van der Waals surface area contributed by atoms with Crippen LogP contribution in [0.5, 0.6) is 0 Å². The van der Waals surface area contributed by atoms with Gasteiger partial charge in [0.1, 0.15) is 6.10 Å². The van der Waals surface area contributed by atoms with Gasteiger partial charge in [-0.1, -0.05) is 39.3 Å². The summed E-state index contributed by atoms with van der Waals surface area (Å²) in [7, 11) is 0. The van der Waals surface area contributed by atoms with Crippen LogP contribution in [-0.2, 0) is 4.74 Å². The lowest BCUT2D eigenvalue weighted by Gasteiger charge is -2.36. The molecule has 0 saturated heterocycles. The predicted octanol–water partition coefficient (Wildman–Crippen LogP) is 4.88. The summed E-state index contributed by atoms with van der Waals surface area (Å²) in [6.45, 7) is 10.5. The van der Waals surface area contributed by atoms with Crippen molar-refractivity contribution in [3.05, 3.63) is 36.8 Å². The van der Waals surface area contributed by atoms with Gasteiger partial charge in [0.15, 0.2) is 0 Å².